The minimum Gasteiger partial charge on any atom is -0.396 e. The lowest BCUT2D eigenvalue weighted by molar-refractivity contribution is -0.121. The highest BCUT2D eigenvalue weighted by Crippen LogP contribution is 2.34. The van der Waals surface area contributed by atoms with E-state index in [0.29, 0.717) is 26.2 Å². The second kappa shape index (κ2) is 6.10. The van der Waals surface area contributed by atoms with Crippen molar-refractivity contribution in [3.8, 4) is 0 Å². The van der Waals surface area contributed by atoms with Crippen molar-refractivity contribution in [1.29, 1.82) is 0 Å². The van der Waals surface area contributed by atoms with E-state index in [9.17, 15) is 0 Å². The van der Waals surface area contributed by atoms with E-state index in [1.54, 1.807) is 6.20 Å². The van der Waals surface area contributed by atoms with Crippen molar-refractivity contribution < 1.29 is 14.6 Å². The van der Waals surface area contributed by atoms with Crippen LogP contribution in [0.2, 0.25) is 0 Å². The lowest BCUT2D eigenvalue weighted by Gasteiger charge is -2.36. The summed E-state index contributed by atoms with van der Waals surface area (Å²) in [6.07, 6.45) is 4.11. The first-order valence-electron chi connectivity index (χ1n) is 6.11. The first-order valence-corrected chi connectivity index (χ1v) is 6.11. The van der Waals surface area contributed by atoms with Gasteiger partial charge >= 0.3 is 0 Å². The van der Waals surface area contributed by atoms with Crippen molar-refractivity contribution in [3.05, 3.63) is 30.1 Å². The van der Waals surface area contributed by atoms with Gasteiger partial charge in [-0.2, -0.15) is 0 Å². The zero-order chi connectivity index (χ0) is 12.0. The predicted molar refractivity (Wildman–Crippen MR) is 63.6 cm³/mol. The normalized spacial score (nSPS) is 19.1. The Balaban J connectivity index is 2.11. The number of ether oxygens (including phenoxy) is 2. The van der Waals surface area contributed by atoms with Gasteiger partial charge in [0.25, 0.3) is 0 Å². The molecule has 0 amide bonds. The molecule has 0 aliphatic carbocycles. The van der Waals surface area contributed by atoms with Gasteiger partial charge in [-0.25, -0.2) is 0 Å². The van der Waals surface area contributed by atoms with Crippen LogP contribution in [0.15, 0.2) is 24.4 Å². The van der Waals surface area contributed by atoms with Gasteiger partial charge < -0.3 is 14.6 Å². The summed E-state index contributed by atoms with van der Waals surface area (Å²) in [5.41, 5.74) is 0.649. The molecule has 1 aliphatic rings. The number of aliphatic hydroxyl groups excluding tert-OH is 1. The highest BCUT2D eigenvalue weighted by molar-refractivity contribution is 5.14. The summed E-state index contributed by atoms with van der Waals surface area (Å²) in [4.78, 5) is 4.41. The van der Waals surface area contributed by atoms with E-state index in [0.717, 1.165) is 18.5 Å². The van der Waals surface area contributed by atoms with Crippen LogP contribution in [0.1, 0.15) is 25.0 Å². The lowest BCUT2D eigenvalue weighted by atomic mass is 9.90. The molecular weight excluding hydrogens is 218 g/mol. The Kier molecular flexibility index (Phi) is 4.48. The third-order valence-corrected chi connectivity index (χ3v) is 3.11. The Bertz CT molecular complexity index is 323. The zero-order valence-electron chi connectivity index (χ0n) is 9.97. The van der Waals surface area contributed by atoms with Gasteiger partial charge in [-0.05, 0) is 18.6 Å². The molecule has 4 heteroatoms. The van der Waals surface area contributed by atoms with Crippen LogP contribution in [-0.2, 0) is 15.1 Å². The molecule has 0 unspecified atom stereocenters. The molecule has 0 radical (unpaired) electrons. The van der Waals surface area contributed by atoms with Crippen molar-refractivity contribution in [1.82, 2.24) is 4.98 Å². The van der Waals surface area contributed by atoms with Crippen LogP contribution in [0, 0.1) is 0 Å². The number of aromatic nitrogens is 1. The van der Waals surface area contributed by atoms with Gasteiger partial charge in [0, 0.05) is 38.9 Å². The van der Waals surface area contributed by atoms with Crippen LogP contribution >= 0.6 is 0 Å². The molecule has 2 rings (SSSR count). The minimum atomic E-state index is -0.325. The molecular formula is C13H19NO3. The molecule has 0 spiro atoms. The maximum Gasteiger partial charge on any atom is 0.114 e. The van der Waals surface area contributed by atoms with Gasteiger partial charge in [-0.3, -0.25) is 4.98 Å². The van der Waals surface area contributed by atoms with E-state index < -0.39 is 0 Å². The van der Waals surface area contributed by atoms with E-state index in [-0.39, 0.29) is 12.2 Å². The molecule has 94 valence electrons. The van der Waals surface area contributed by atoms with Gasteiger partial charge in [0.2, 0.25) is 0 Å². The number of aliphatic hydroxyl groups is 1. The summed E-state index contributed by atoms with van der Waals surface area (Å²) in [5.74, 6) is 0. The average Bonchev–Trinajstić information content (AvgIpc) is 2.41. The summed E-state index contributed by atoms with van der Waals surface area (Å²) in [6, 6.07) is 5.89. The highest BCUT2D eigenvalue weighted by atomic mass is 16.5. The topological polar surface area (TPSA) is 51.6 Å². The van der Waals surface area contributed by atoms with E-state index in [1.807, 2.05) is 18.2 Å². The van der Waals surface area contributed by atoms with Crippen molar-refractivity contribution in [3.63, 3.8) is 0 Å². The van der Waals surface area contributed by atoms with Crippen LogP contribution in [-0.4, -0.2) is 36.5 Å². The fourth-order valence-corrected chi connectivity index (χ4v) is 2.14. The number of nitrogens with zero attached hydrogens (tertiary/aromatic N) is 1. The lowest BCUT2D eigenvalue weighted by Crippen LogP contribution is -2.37. The van der Waals surface area contributed by atoms with Crippen LogP contribution in [0.3, 0.4) is 0 Å². The molecule has 0 saturated carbocycles. The monoisotopic (exact) mass is 237 g/mol. The SMILES string of the molecule is OCCCOC1(c2ccccn2)CCOCC1. The Hall–Kier alpha value is -0.970. The summed E-state index contributed by atoms with van der Waals surface area (Å²) in [7, 11) is 0. The third-order valence-electron chi connectivity index (χ3n) is 3.11. The molecule has 1 aromatic rings. The number of hydrogen-bond donors (Lipinski definition) is 1. The van der Waals surface area contributed by atoms with Gasteiger partial charge in [0.15, 0.2) is 0 Å². The van der Waals surface area contributed by atoms with E-state index in [1.165, 1.54) is 0 Å². The van der Waals surface area contributed by atoms with Crippen LogP contribution in [0.5, 0.6) is 0 Å². The van der Waals surface area contributed by atoms with Crippen molar-refractivity contribution >= 4 is 0 Å². The maximum atomic E-state index is 8.83. The summed E-state index contributed by atoms with van der Waals surface area (Å²) >= 11 is 0. The molecule has 1 fully saturated rings. The zero-order valence-corrected chi connectivity index (χ0v) is 9.97. The molecule has 17 heavy (non-hydrogen) atoms. The quantitative estimate of drug-likeness (QED) is 0.788. The summed E-state index contributed by atoms with van der Waals surface area (Å²) in [5, 5.41) is 8.83. The van der Waals surface area contributed by atoms with Crippen molar-refractivity contribution in [2.24, 2.45) is 0 Å². The maximum absolute atomic E-state index is 8.83. The second-order valence-electron chi connectivity index (χ2n) is 4.25. The van der Waals surface area contributed by atoms with Crippen LogP contribution in [0.4, 0.5) is 0 Å². The molecule has 1 saturated heterocycles. The molecule has 2 heterocycles. The van der Waals surface area contributed by atoms with Gasteiger partial charge in [0.1, 0.15) is 5.60 Å². The molecule has 1 aliphatic heterocycles. The molecule has 0 atom stereocenters. The first-order chi connectivity index (χ1) is 8.37. The Morgan fingerprint density at radius 2 is 2.18 bits per heavy atom. The first kappa shape index (κ1) is 12.5. The molecule has 1 aromatic heterocycles. The molecule has 4 nitrogen and oxygen atoms in total. The van der Waals surface area contributed by atoms with Crippen LogP contribution < -0.4 is 0 Å². The fourth-order valence-electron chi connectivity index (χ4n) is 2.14. The standard InChI is InChI=1S/C13H19NO3/c15-8-3-9-17-13(5-10-16-11-6-13)12-4-1-2-7-14-12/h1-2,4,7,15H,3,5-6,8-11H2. The Labute approximate surface area is 102 Å². The minimum absolute atomic E-state index is 0.162. The molecule has 0 aromatic carbocycles. The summed E-state index contributed by atoms with van der Waals surface area (Å²) < 4.78 is 11.4. The van der Waals surface area contributed by atoms with E-state index in [4.69, 9.17) is 14.6 Å². The second-order valence-corrected chi connectivity index (χ2v) is 4.25. The van der Waals surface area contributed by atoms with Crippen molar-refractivity contribution in [2.45, 2.75) is 24.9 Å². The summed E-state index contributed by atoms with van der Waals surface area (Å²) in [6.45, 7) is 2.13. The third kappa shape index (κ3) is 3.03. The Morgan fingerprint density at radius 1 is 1.35 bits per heavy atom. The molecule has 0 bridgehead atoms. The number of rotatable bonds is 5. The highest BCUT2D eigenvalue weighted by Gasteiger charge is 2.36. The van der Waals surface area contributed by atoms with Crippen LogP contribution in [0.25, 0.3) is 0 Å². The van der Waals surface area contributed by atoms with Crippen molar-refractivity contribution in [2.75, 3.05) is 26.4 Å². The van der Waals surface area contributed by atoms with Gasteiger partial charge in [0.05, 0.1) is 12.3 Å². The molecule has 1 N–H and O–H groups in total. The van der Waals surface area contributed by atoms with E-state index in [2.05, 4.69) is 4.98 Å². The largest absolute Gasteiger partial charge is 0.396 e. The Morgan fingerprint density at radius 3 is 2.82 bits per heavy atom. The van der Waals surface area contributed by atoms with E-state index >= 15 is 0 Å². The smallest absolute Gasteiger partial charge is 0.114 e. The predicted octanol–water partition coefficient (Wildman–Crippen LogP) is 1.49. The number of hydrogen-bond acceptors (Lipinski definition) is 4. The average molecular weight is 237 g/mol. The van der Waals surface area contributed by atoms with Gasteiger partial charge in [-0.15, -0.1) is 0 Å². The van der Waals surface area contributed by atoms with Gasteiger partial charge in [-0.1, -0.05) is 6.07 Å². The fraction of sp³-hybridized carbons (Fsp3) is 0.615. The number of pyridine rings is 1.